The first-order valence-electron chi connectivity index (χ1n) is 5.38. The van der Waals surface area contributed by atoms with Gasteiger partial charge < -0.3 is 19.0 Å². The predicted molar refractivity (Wildman–Crippen MR) is 68.0 cm³/mol. The standard InChI is InChI=1S/C13H11ClO5/c1-17-8-2-4-11(10(14)6-8)18-7-9-3-5-12(19-9)13(15)16/h2-6H,7H2,1H3,(H,15,16). The van der Waals surface area contributed by atoms with E-state index in [2.05, 4.69) is 0 Å². The maximum Gasteiger partial charge on any atom is 0.371 e. The molecule has 100 valence electrons. The van der Waals surface area contributed by atoms with E-state index in [4.69, 9.17) is 30.6 Å². The second-order valence-corrected chi connectivity index (χ2v) is 4.06. The minimum atomic E-state index is -1.12. The largest absolute Gasteiger partial charge is 0.497 e. The van der Waals surface area contributed by atoms with Gasteiger partial charge in [-0.2, -0.15) is 0 Å². The molecule has 0 amide bonds. The molecular weight excluding hydrogens is 272 g/mol. The fraction of sp³-hybridized carbons (Fsp3) is 0.154. The number of halogens is 1. The van der Waals surface area contributed by atoms with Crippen LogP contribution in [-0.2, 0) is 6.61 Å². The van der Waals surface area contributed by atoms with Gasteiger partial charge in [0.1, 0.15) is 23.9 Å². The molecule has 0 atom stereocenters. The highest BCUT2D eigenvalue weighted by Crippen LogP contribution is 2.29. The SMILES string of the molecule is COc1ccc(OCc2ccc(C(=O)O)o2)c(Cl)c1. The van der Waals surface area contributed by atoms with Gasteiger partial charge in [0.05, 0.1) is 12.1 Å². The van der Waals surface area contributed by atoms with Crippen LogP contribution in [0.2, 0.25) is 5.02 Å². The van der Waals surface area contributed by atoms with Crippen molar-refractivity contribution >= 4 is 17.6 Å². The molecule has 0 saturated carbocycles. The molecule has 5 nitrogen and oxygen atoms in total. The van der Waals surface area contributed by atoms with Crippen LogP contribution >= 0.6 is 11.6 Å². The third kappa shape index (κ3) is 3.20. The molecule has 0 radical (unpaired) electrons. The van der Waals surface area contributed by atoms with Gasteiger partial charge in [-0.05, 0) is 24.3 Å². The molecule has 0 spiro atoms. The predicted octanol–water partition coefficient (Wildman–Crippen LogP) is 3.22. The number of hydrogen-bond donors (Lipinski definition) is 1. The smallest absolute Gasteiger partial charge is 0.371 e. The number of hydrogen-bond acceptors (Lipinski definition) is 4. The molecular formula is C13H11ClO5. The third-order valence-electron chi connectivity index (χ3n) is 2.38. The molecule has 1 N–H and O–H groups in total. The molecule has 0 fully saturated rings. The zero-order valence-electron chi connectivity index (χ0n) is 10.1. The molecule has 2 aromatic rings. The normalized spacial score (nSPS) is 10.2. The lowest BCUT2D eigenvalue weighted by atomic mass is 10.3. The van der Waals surface area contributed by atoms with E-state index in [1.807, 2.05) is 0 Å². The van der Waals surface area contributed by atoms with Gasteiger partial charge in [-0.25, -0.2) is 4.79 Å². The van der Waals surface area contributed by atoms with Crippen LogP contribution in [0, 0.1) is 0 Å². The zero-order valence-corrected chi connectivity index (χ0v) is 10.8. The first-order valence-corrected chi connectivity index (χ1v) is 5.76. The average Bonchev–Trinajstić information content (AvgIpc) is 2.86. The van der Waals surface area contributed by atoms with E-state index in [0.29, 0.717) is 22.3 Å². The summed E-state index contributed by atoms with van der Waals surface area (Å²) in [5, 5.41) is 9.12. The summed E-state index contributed by atoms with van der Waals surface area (Å²) in [6, 6.07) is 7.92. The summed E-state index contributed by atoms with van der Waals surface area (Å²) < 4.78 is 15.5. The van der Waals surface area contributed by atoms with Gasteiger partial charge in [-0.1, -0.05) is 11.6 Å². The number of carboxylic acids is 1. The summed E-state index contributed by atoms with van der Waals surface area (Å²) >= 11 is 6.00. The number of methoxy groups -OCH3 is 1. The summed E-state index contributed by atoms with van der Waals surface area (Å²) in [6.45, 7) is 0.0966. The van der Waals surface area contributed by atoms with Crippen molar-refractivity contribution in [3.8, 4) is 11.5 Å². The van der Waals surface area contributed by atoms with Crippen LogP contribution in [0.25, 0.3) is 0 Å². The van der Waals surface area contributed by atoms with E-state index in [-0.39, 0.29) is 12.4 Å². The summed E-state index contributed by atoms with van der Waals surface area (Å²) in [6.07, 6.45) is 0. The van der Waals surface area contributed by atoms with E-state index in [9.17, 15) is 4.79 Å². The Kier molecular flexibility index (Phi) is 3.97. The summed E-state index contributed by atoms with van der Waals surface area (Å²) in [5.74, 6) is 0.261. The Morgan fingerprint density at radius 3 is 2.74 bits per heavy atom. The molecule has 1 aromatic carbocycles. The van der Waals surface area contributed by atoms with Crippen molar-refractivity contribution in [1.82, 2.24) is 0 Å². The second-order valence-electron chi connectivity index (χ2n) is 3.66. The van der Waals surface area contributed by atoms with E-state index < -0.39 is 5.97 Å². The number of carboxylic acid groups (broad SMARTS) is 1. The lowest BCUT2D eigenvalue weighted by Crippen LogP contribution is -1.96. The van der Waals surface area contributed by atoms with Crippen molar-refractivity contribution in [2.45, 2.75) is 6.61 Å². The molecule has 1 heterocycles. The van der Waals surface area contributed by atoms with Crippen molar-refractivity contribution < 1.29 is 23.8 Å². The Morgan fingerprint density at radius 1 is 1.37 bits per heavy atom. The van der Waals surface area contributed by atoms with Gasteiger partial charge in [0.2, 0.25) is 5.76 Å². The fourth-order valence-corrected chi connectivity index (χ4v) is 1.67. The van der Waals surface area contributed by atoms with Gasteiger partial charge >= 0.3 is 5.97 Å². The van der Waals surface area contributed by atoms with Crippen LogP contribution in [0.4, 0.5) is 0 Å². The van der Waals surface area contributed by atoms with Crippen LogP contribution in [0.5, 0.6) is 11.5 Å². The van der Waals surface area contributed by atoms with Crippen molar-refractivity contribution in [3.05, 3.63) is 46.9 Å². The molecule has 0 aliphatic carbocycles. The van der Waals surface area contributed by atoms with Crippen molar-refractivity contribution in [1.29, 1.82) is 0 Å². The maximum absolute atomic E-state index is 10.6. The highest BCUT2D eigenvalue weighted by molar-refractivity contribution is 6.32. The average molecular weight is 283 g/mol. The van der Waals surface area contributed by atoms with Crippen LogP contribution in [0.3, 0.4) is 0 Å². The number of rotatable bonds is 5. The maximum atomic E-state index is 10.6. The molecule has 0 aliphatic heterocycles. The summed E-state index contributed by atoms with van der Waals surface area (Å²) in [4.78, 5) is 10.6. The second kappa shape index (κ2) is 5.67. The molecule has 0 bridgehead atoms. The third-order valence-corrected chi connectivity index (χ3v) is 2.68. The molecule has 6 heteroatoms. The Balaban J connectivity index is 2.03. The molecule has 2 rings (SSSR count). The highest BCUT2D eigenvalue weighted by Gasteiger charge is 2.10. The topological polar surface area (TPSA) is 68.9 Å². The minimum Gasteiger partial charge on any atom is -0.497 e. The van der Waals surface area contributed by atoms with E-state index in [1.165, 1.54) is 6.07 Å². The Hall–Kier alpha value is -2.14. The summed E-state index contributed by atoms with van der Waals surface area (Å²) in [5.41, 5.74) is 0. The number of benzene rings is 1. The van der Waals surface area contributed by atoms with Crippen LogP contribution < -0.4 is 9.47 Å². The van der Waals surface area contributed by atoms with Crippen molar-refractivity contribution in [2.75, 3.05) is 7.11 Å². The Labute approximate surface area is 114 Å². The number of aromatic carboxylic acids is 1. The Morgan fingerprint density at radius 2 is 2.16 bits per heavy atom. The lowest BCUT2D eigenvalue weighted by Gasteiger charge is -2.07. The number of ether oxygens (including phenoxy) is 2. The zero-order chi connectivity index (χ0) is 13.8. The fourth-order valence-electron chi connectivity index (χ4n) is 1.44. The molecule has 0 aliphatic rings. The summed E-state index contributed by atoms with van der Waals surface area (Å²) in [7, 11) is 1.54. The van der Waals surface area contributed by atoms with E-state index in [0.717, 1.165) is 0 Å². The highest BCUT2D eigenvalue weighted by atomic mass is 35.5. The lowest BCUT2D eigenvalue weighted by molar-refractivity contribution is 0.0658. The molecule has 0 unspecified atom stereocenters. The van der Waals surface area contributed by atoms with Crippen LogP contribution in [-0.4, -0.2) is 18.2 Å². The number of carbonyl (C=O) groups is 1. The molecule has 0 saturated heterocycles. The van der Waals surface area contributed by atoms with Gasteiger partial charge in [0.15, 0.2) is 0 Å². The van der Waals surface area contributed by atoms with Crippen LogP contribution in [0.15, 0.2) is 34.7 Å². The van der Waals surface area contributed by atoms with E-state index in [1.54, 1.807) is 31.4 Å². The van der Waals surface area contributed by atoms with Gasteiger partial charge in [0.25, 0.3) is 0 Å². The van der Waals surface area contributed by atoms with Crippen molar-refractivity contribution in [2.24, 2.45) is 0 Å². The van der Waals surface area contributed by atoms with Crippen molar-refractivity contribution in [3.63, 3.8) is 0 Å². The van der Waals surface area contributed by atoms with Crippen LogP contribution in [0.1, 0.15) is 16.3 Å². The quantitative estimate of drug-likeness (QED) is 0.912. The number of furan rings is 1. The van der Waals surface area contributed by atoms with Gasteiger partial charge in [0, 0.05) is 6.07 Å². The van der Waals surface area contributed by atoms with Gasteiger partial charge in [-0.3, -0.25) is 0 Å². The first-order chi connectivity index (χ1) is 9.10. The molecule has 1 aromatic heterocycles. The monoisotopic (exact) mass is 282 g/mol. The first kappa shape index (κ1) is 13.3. The Bertz CT molecular complexity index is 590. The minimum absolute atomic E-state index is 0.0966. The molecule has 19 heavy (non-hydrogen) atoms. The van der Waals surface area contributed by atoms with Gasteiger partial charge in [-0.15, -0.1) is 0 Å². The van der Waals surface area contributed by atoms with E-state index >= 15 is 0 Å².